The van der Waals surface area contributed by atoms with Gasteiger partial charge in [-0.2, -0.15) is 0 Å². The summed E-state index contributed by atoms with van der Waals surface area (Å²) in [5.41, 5.74) is 1.65. The molecule has 0 spiro atoms. The molecule has 2 nitrogen and oxygen atoms in total. The Labute approximate surface area is 159 Å². The Kier molecular flexibility index (Phi) is 5.60. The van der Waals surface area contributed by atoms with E-state index in [-0.39, 0.29) is 0 Å². The summed E-state index contributed by atoms with van der Waals surface area (Å²) >= 11 is -1.67. The third kappa shape index (κ3) is 3.60. The van der Waals surface area contributed by atoms with Gasteiger partial charge in [-0.3, -0.25) is 0 Å². The van der Waals surface area contributed by atoms with E-state index in [0.717, 1.165) is 0 Å². The molecule has 0 aliphatic carbocycles. The first kappa shape index (κ1) is 19.5. The molecule has 6 heteroatoms. The zero-order valence-corrected chi connectivity index (χ0v) is 15.6. The highest BCUT2D eigenvalue weighted by molar-refractivity contribution is 7.90. The van der Waals surface area contributed by atoms with Crippen LogP contribution in [0.4, 0.5) is 13.2 Å². The molecule has 0 N–H and O–H groups in total. The van der Waals surface area contributed by atoms with Crippen molar-refractivity contribution in [3.63, 3.8) is 0 Å². The molecule has 0 amide bonds. The molecule has 0 aromatic heterocycles. The zero-order chi connectivity index (χ0) is 19.6. The van der Waals surface area contributed by atoms with E-state index in [2.05, 4.69) is 0 Å². The van der Waals surface area contributed by atoms with Crippen LogP contribution in [-0.4, -0.2) is 23.0 Å². The van der Waals surface area contributed by atoms with Crippen LogP contribution in [0.2, 0.25) is 0 Å². The third-order valence-corrected chi connectivity index (χ3v) is 6.24. The van der Waals surface area contributed by atoms with Gasteiger partial charge >= 0.3 is 0 Å². The van der Waals surface area contributed by atoms with Gasteiger partial charge in [0.15, 0.2) is 0 Å². The normalized spacial score (nSPS) is 13.0. The van der Waals surface area contributed by atoms with Crippen LogP contribution in [-0.2, 0) is 16.1 Å². The Bertz CT molecular complexity index is 785. The Balaban J connectivity index is 2.38. The minimum Gasteiger partial charge on any atom is -0.597 e. The van der Waals surface area contributed by atoms with E-state index in [0.29, 0.717) is 16.7 Å². The number of nitrogens with zero attached hydrogens (tertiary/aromatic N) is 1. The largest absolute Gasteiger partial charge is 0.597 e. The van der Waals surface area contributed by atoms with Crippen molar-refractivity contribution in [1.29, 1.82) is 0 Å². The van der Waals surface area contributed by atoms with E-state index in [1.165, 1.54) is 40.7 Å². The zero-order valence-electron chi connectivity index (χ0n) is 14.8. The van der Waals surface area contributed by atoms with Gasteiger partial charge in [0.25, 0.3) is 0 Å². The molecule has 0 aliphatic heterocycles. The summed E-state index contributed by atoms with van der Waals surface area (Å²) in [5.74, 6) is -1.29. The van der Waals surface area contributed by atoms with Crippen LogP contribution < -0.4 is 0 Å². The number of benzene rings is 3. The minimum absolute atomic E-state index is 0.429. The van der Waals surface area contributed by atoms with Crippen molar-refractivity contribution in [2.75, 3.05) is 14.1 Å². The van der Waals surface area contributed by atoms with Gasteiger partial charge in [0.2, 0.25) is 4.75 Å². The van der Waals surface area contributed by atoms with Crippen molar-refractivity contribution < 1.29 is 17.7 Å². The molecule has 3 rings (SSSR count). The van der Waals surface area contributed by atoms with Crippen molar-refractivity contribution in [3.05, 3.63) is 107 Å². The maximum Gasteiger partial charge on any atom is 0.220 e. The lowest BCUT2D eigenvalue weighted by molar-refractivity contribution is 0.495. The van der Waals surface area contributed by atoms with Crippen molar-refractivity contribution in [3.8, 4) is 0 Å². The van der Waals surface area contributed by atoms with Gasteiger partial charge < -0.3 is 4.55 Å². The van der Waals surface area contributed by atoms with Gasteiger partial charge in [0, 0.05) is 30.8 Å². The minimum atomic E-state index is -1.67. The molecular weight excluding hydrogens is 371 g/mol. The lowest BCUT2D eigenvalue weighted by Crippen LogP contribution is -2.45. The molecule has 0 saturated carbocycles. The van der Waals surface area contributed by atoms with Crippen molar-refractivity contribution in [2.45, 2.75) is 4.75 Å². The van der Waals surface area contributed by atoms with E-state index >= 15 is 0 Å². The summed E-state index contributed by atoms with van der Waals surface area (Å²) in [7, 11) is 3.31. The Morgan fingerprint density at radius 2 is 0.889 bits per heavy atom. The van der Waals surface area contributed by atoms with Crippen LogP contribution >= 0.6 is 0 Å². The van der Waals surface area contributed by atoms with Crippen LogP contribution in [0.25, 0.3) is 0 Å². The van der Waals surface area contributed by atoms with Crippen LogP contribution in [0.15, 0.2) is 72.8 Å². The van der Waals surface area contributed by atoms with E-state index < -0.39 is 33.6 Å². The second-order valence-electron chi connectivity index (χ2n) is 6.26. The van der Waals surface area contributed by atoms with E-state index in [1.807, 2.05) is 0 Å². The predicted octanol–water partition coefficient (Wildman–Crippen LogP) is 4.62. The van der Waals surface area contributed by atoms with Crippen molar-refractivity contribution in [2.24, 2.45) is 0 Å². The summed E-state index contributed by atoms with van der Waals surface area (Å²) < 4.78 is 54.5. The molecule has 27 heavy (non-hydrogen) atoms. The molecule has 0 radical (unpaired) electrons. The number of halogens is 3. The fourth-order valence-corrected chi connectivity index (χ4v) is 4.69. The smallest absolute Gasteiger partial charge is 0.220 e. The highest BCUT2D eigenvalue weighted by Gasteiger charge is 2.50. The van der Waals surface area contributed by atoms with Gasteiger partial charge in [-0.1, -0.05) is 36.4 Å². The molecule has 1 unspecified atom stereocenters. The first-order valence-corrected chi connectivity index (χ1v) is 9.34. The van der Waals surface area contributed by atoms with Crippen molar-refractivity contribution >= 4 is 11.4 Å². The first-order chi connectivity index (χ1) is 12.9. The van der Waals surface area contributed by atoms with Gasteiger partial charge in [-0.15, -0.1) is 4.31 Å². The van der Waals surface area contributed by atoms with Gasteiger partial charge in [0.05, 0.1) is 11.4 Å². The van der Waals surface area contributed by atoms with Crippen LogP contribution in [0.3, 0.4) is 0 Å². The molecule has 0 bridgehead atoms. The lowest BCUT2D eigenvalue weighted by atomic mass is 9.84. The Morgan fingerprint density at radius 1 is 0.630 bits per heavy atom. The predicted molar refractivity (Wildman–Crippen MR) is 101 cm³/mol. The molecular formula is C21H18F3NOS. The summed E-state index contributed by atoms with van der Waals surface area (Å²) in [5, 5.41) is 0. The van der Waals surface area contributed by atoms with Gasteiger partial charge in [-0.25, -0.2) is 13.2 Å². The maximum atomic E-state index is 13.6. The Hall–Kier alpha value is -2.28. The van der Waals surface area contributed by atoms with Crippen LogP contribution in [0, 0.1) is 17.5 Å². The molecule has 0 heterocycles. The summed E-state index contributed by atoms with van der Waals surface area (Å²) in [6.45, 7) is 0. The fourth-order valence-electron chi connectivity index (χ4n) is 3.13. The van der Waals surface area contributed by atoms with Crippen LogP contribution in [0.5, 0.6) is 0 Å². The average Bonchev–Trinajstić information content (AvgIpc) is 2.66. The molecule has 0 aliphatic rings. The van der Waals surface area contributed by atoms with E-state index in [4.69, 9.17) is 0 Å². The second-order valence-corrected chi connectivity index (χ2v) is 8.10. The van der Waals surface area contributed by atoms with Gasteiger partial charge in [0.1, 0.15) is 17.5 Å². The molecule has 0 fully saturated rings. The van der Waals surface area contributed by atoms with Crippen molar-refractivity contribution in [1.82, 2.24) is 4.31 Å². The monoisotopic (exact) mass is 389 g/mol. The number of hydrogen-bond acceptors (Lipinski definition) is 2. The lowest BCUT2D eigenvalue weighted by Gasteiger charge is -2.38. The summed E-state index contributed by atoms with van der Waals surface area (Å²) in [4.78, 5) is 0. The highest BCUT2D eigenvalue weighted by atomic mass is 32.2. The summed E-state index contributed by atoms with van der Waals surface area (Å²) in [6.07, 6.45) is 0. The first-order valence-electron chi connectivity index (χ1n) is 8.23. The topological polar surface area (TPSA) is 26.3 Å². The Morgan fingerprint density at radius 3 is 1.11 bits per heavy atom. The SMILES string of the molecule is CN(C)[S+]([O-])C(c1ccc(F)cc1)(c1ccc(F)cc1)c1ccc(F)cc1. The van der Waals surface area contributed by atoms with Gasteiger partial charge in [-0.05, 0) is 36.4 Å². The third-order valence-electron chi connectivity index (χ3n) is 4.35. The van der Waals surface area contributed by atoms with E-state index in [9.17, 15) is 17.7 Å². The molecule has 3 aromatic rings. The second kappa shape index (κ2) is 7.76. The highest BCUT2D eigenvalue weighted by Crippen LogP contribution is 2.45. The molecule has 0 saturated heterocycles. The average molecular weight is 389 g/mol. The van der Waals surface area contributed by atoms with E-state index in [1.54, 1.807) is 50.5 Å². The summed E-state index contributed by atoms with van der Waals surface area (Å²) in [6, 6.07) is 17.0. The number of rotatable bonds is 5. The fraction of sp³-hybridized carbons (Fsp3) is 0.143. The molecule has 1 atom stereocenters. The molecule has 140 valence electrons. The maximum absolute atomic E-state index is 13.6. The quantitative estimate of drug-likeness (QED) is 0.470. The number of hydrogen-bond donors (Lipinski definition) is 0. The standard InChI is InChI=1S/C21H18F3NOS/c1-25(2)27(26)21(15-3-9-18(22)10-4-15,16-5-11-19(23)12-6-16)17-7-13-20(24)14-8-17/h3-14H,1-2H3. The van der Waals surface area contributed by atoms with Crippen LogP contribution in [0.1, 0.15) is 16.7 Å². The molecule has 3 aromatic carbocycles.